The van der Waals surface area contributed by atoms with Crippen LogP contribution >= 0.6 is 0 Å². The average Bonchev–Trinajstić information content (AvgIpc) is 2.73. The first kappa shape index (κ1) is 21.0. The van der Waals surface area contributed by atoms with Crippen LogP contribution in [0, 0.1) is 0 Å². The van der Waals surface area contributed by atoms with E-state index in [9.17, 15) is 37.6 Å². The van der Waals surface area contributed by atoms with Gasteiger partial charge in [-0.3, -0.25) is 14.1 Å². The number of fused-ring (bicyclic) bond motifs is 2. The number of carboxylic acid groups (broad SMARTS) is 1. The van der Waals surface area contributed by atoms with E-state index >= 15 is 0 Å². The summed E-state index contributed by atoms with van der Waals surface area (Å²) in [6.07, 6.45) is 0. The third kappa shape index (κ3) is 3.25. The van der Waals surface area contributed by atoms with Gasteiger partial charge in [0.05, 0.1) is 33.8 Å². The number of aromatic carboxylic acids is 1. The van der Waals surface area contributed by atoms with Crippen molar-refractivity contribution in [3.8, 4) is 5.75 Å². The molecule has 0 fully saturated rings. The van der Waals surface area contributed by atoms with Gasteiger partial charge in [0.25, 0.3) is 10.1 Å². The lowest BCUT2D eigenvalue weighted by atomic mass is 9.82. The van der Waals surface area contributed by atoms with Gasteiger partial charge in [0.15, 0.2) is 11.6 Å². The molecule has 0 heterocycles. The van der Waals surface area contributed by atoms with Gasteiger partial charge in [-0.2, -0.15) is 8.42 Å². The number of phenolic OH excluding ortho intramolecular Hbond substituents is 1. The predicted molar refractivity (Wildman–Crippen MR) is 112 cm³/mol. The molecule has 10 nitrogen and oxygen atoms in total. The molecule has 0 radical (unpaired) electrons. The number of benzene rings is 3. The van der Waals surface area contributed by atoms with Gasteiger partial charge in [0.1, 0.15) is 10.6 Å². The average molecular weight is 454 g/mol. The number of aromatic hydroxyl groups is 1. The summed E-state index contributed by atoms with van der Waals surface area (Å²) in [6, 6.07) is 10.0. The zero-order valence-electron chi connectivity index (χ0n) is 16.0. The molecule has 4 rings (SSSR count). The molecule has 0 saturated carbocycles. The molecule has 0 aliphatic heterocycles. The van der Waals surface area contributed by atoms with Crippen molar-refractivity contribution in [2.45, 2.75) is 4.90 Å². The number of anilines is 3. The molecule has 0 atom stereocenters. The standard InChI is InChI=1S/C21H14N2O8S/c22-18-15(32(29,30)31)8-14(23-13-6-5-9(24)7-12(13)21(27)28)16-17(18)20(26)11-4-2-1-3-10(11)19(16)25/h1-8,23-24H,22H2,(H,27,28)(H,29,30,31). The van der Waals surface area contributed by atoms with Crippen molar-refractivity contribution in [1.82, 2.24) is 0 Å². The number of nitrogen functional groups attached to an aromatic ring is 1. The molecular weight excluding hydrogens is 440 g/mol. The van der Waals surface area contributed by atoms with Crippen LogP contribution in [0.2, 0.25) is 0 Å². The fraction of sp³-hybridized carbons (Fsp3) is 0. The molecule has 32 heavy (non-hydrogen) atoms. The summed E-state index contributed by atoms with van der Waals surface area (Å²) in [5.41, 5.74) is 3.88. The molecule has 1 aliphatic rings. The SMILES string of the molecule is Nc1c(S(=O)(=O)O)cc(Nc2ccc(O)cc2C(=O)O)c2c1C(=O)c1ccccc1C2=O. The fourth-order valence-electron chi connectivity index (χ4n) is 3.57. The molecule has 0 bridgehead atoms. The maximum Gasteiger partial charge on any atom is 0.337 e. The van der Waals surface area contributed by atoms with E-state index in [1.165, 1.54) is 30.3 Å². The highest BCUT2D eigenvalue weighted by Crippen LogP contribution is 2.40. The monoisotopic (exact) mass is 454 g/mol. The molecule has 0 unspecified atom stereocenters. The van der Waals surface area contributed by atoms with Crippen molar-refractivity contribution in [3.05, 3.63) is 76.3 Å². The van der Waals surface area contributed by atoms with Crippen molar-refractivity contribution in [3.63, 3.8) is 0 Å². The van der Waals surface area contributed by atoms with E-state index in [0.717, 1.165) is 12.1 Å². The maximum atomic E-state index is 13.2. The second kappa shape index (κ2) is 7.18. The maximum absolute atomic E-state index is 13.2. The second-order valence-electron chi connectivity index (χ2n) is 6.92. The summed E-state index contributed by atoms with van der Waals surface area (Å²) in [7, 11) is -4.92. The van der Waals surface area contributed by atoms with E-state index < -0.39 is 43.8 Å². The van der Waals surface area contributed by atoms with Crippen LogP contribution in [0.25, 0.3) is 0 Å². The van der Waals surface area contributed by atoms with E-state index in [2.05, 4.69) is 5.32 Å². The Hall–Kier alpha value is -4.22. The molecule has 11 heteroatoms. The number of hydrogen-bond acceptors (Lipinski definition) is 8. The first-order valence-corrected chi connectivity index (χ1v) is 10.4. The Morgan fingerprint density at radius 3 is 2.06 bits per heavy atom. The number of carbonyl (C=O) groups excluding carboxylic acids is 2. The Labute approximate surface area is 180 Å². The van der Waals surface area contributed by atoms with E-state index in [0.29, 0.717) is 0 Å². The highest BCUT2D eigenvalue weighted by molar-refractivity contribution is 7.86. The molecule has 162 valence electrons. The van der Waals surface area contributed by atoms with Crippen molar-refractivity contribution in [2.75, 3.05) is 11.1 Å². The van der Waals surface area contributed by atoms with Crippen LogP contribution in [0.5, 0.6) is 5.75 Å². The number of carbonyl (C=O) groups is 3. The zero-order valence-corrected chi connectivity index (χ0v) is 16.8. The van der Waals surface area contributed by atoms with Crippen molar-refractivity contribution >= 4 is 44.7 Å². The molecule has 0 saturated heterocycles. The van der Waals surface area contributed by atoms with Crippen LogP contribution < -0.4 is 11.1 Å². The van der Waals surface area contributed by atoms with Crippen LogP contribution in [-0.2, 0) is 10.1 Å². The van der Waals surface area contributed by atoms with Crippen molar-refractivity contribution < 1.29 is 37.6 Å². The minimum Gasteiger partial charge on any atom is -0.508 e. The largest absolute Gasteiger partial charge is 0.508 e. The van der Waals surface area contributed by atoms with Gasteiger partial charge in [-0.05, 0) is 24.3 Å². The number of nitrogens with two attached hydrogens (primary N) is 1. The van der Waals surface area contributed by atoms with Crippen molar-refractivity contribution in [1.29, 1.82) is 0 Å². The minimum atomic E-state index is -4.92. The lowest BCUT2D eigenvalue weighted by molar-refractivity contribution is 0.0697. The molecular formula is C21H14N2O8S. The fourth-order valence-corrected chi connectivity index (χ4v) is 4.22. The van der Waals surface area contributed by atoms with Crippen LogP contribution in [0.4, 0.5) is 17.1 Å². The van der Waals surface area contributed by atoms with Crippen LogP contribution in [-0.4, -0.2) is 40.7 Å². The lowest BCUT2D eigenvalue weighted by Gasteiger charge is -2.24. The van der Waals surface area contributed by atoms with Crippen LogP contribution in [0.3, 0.4) is 0 Å². The Kier molecular flexibility index (Phi) is 4.72. The van der Waals surface area contributed by atoms with Crippen LogP contribution in [0.15, 0.2) is 53.4 Å². The summed E-state index contributed by atoms with van der Waals surface area (Å²) < 4.78 is 33.5. The first-order valence-electron chi connectivity index (χ1n) is 8.96. The van der Waals surface area contributed by atoms with E-state index in [-0.39, 0.29) is 39.4 Å². The van der Waals surface area contributed by atoms with Gasteiger partial charge in [-0.1, -0.05) is 24.3 Å². The minimum absolute atomic E-state index is 0.00555. The summed E-state index contributed by atoms with van der Waals surface area (Å²) in [4.78, 5) is 37.1. The zero-order chi connectivity index (χ0) is 23.4. The molecule has 1 aliphatic carbocycles. The number of hydrogen-bond donors (Lipinski definition) is 5. The van der Waals surface area contributed by atoms with E-state index in [1.807, 2.05) is 0 Å². The summed E-state index contributed by atoms with van der Waals surface area (Å²) in [6.45, 7) is 0. The highest BCUT2D eigenvalue weighted by Gasteiger charge is 2.36. The van der Waals surface area contributed by atoms with Gasteiger partial charge in [0, 0.05) is 11.1 Å². The molecule has 3 aromatic rings. The Bertz CT molecular complexity index is 1460. The van der Waals surface area contributed by atoms with Gasteiger partial charge < -0.3 is 21.3 Å². The molecule has 0 aromatic heterocycles. The number of rotatable bonds is 4. The number of phenols is 1. The normalized spacial score (nSPS) is 12.8. The second-order valence-corrected chi connectivity index (χ2v) is 8.31. The quantitative estimate of drug-likeness (QED) is 0.174. The lowest BCUT2D eigenvalue weighted by Crippen LogP contribution is -2.25. The molecule has 0 spiro atoms. The third-order valence-electron chi connectivity index (χ3n) is 4.98. The summed E-state index contributed by atoms with van der Waals surface area (Å²) in [5, 5.41) is 21.7. The number of nitrogens with one attached hydrogen (secondary N) is 1. The number of ketones is 2. The van der Waals surface area contributed by atoms with E-state index in [4.69, 9.17) is 5.73 Å². The summed E-state index contributed by atoms with van der Waals surface area (Å²) in [5.74, 6) is -3.14. The Balaban J connectivity index is 2.04. The van der Waals surface area contributed by atoms with Gasteiger partial charge >= 0.3 is 5.97 Å². The smallest absolute Gasteiger partial charge is 0.337 e. The van der Waals surface area contributed by atoms with Gasteiger partial charge in [-0.25, -0.2) is 4.79 Å². The third-order valence-corrected chi connectivity index (χ3v) is 5.87. The number of carboxylic acids is 1. The first-order chi connectivity index (χ1) is 15.0. The molecule has 0 amide bonds. The topological polar surface area (TPSA) is 184 Å². The Morgan fingerprint density at radius 1 is 0.906 bits per heavy atom. The van der Waals surface area contributed by atoms with Crippen molar-refractivity contribution in [2.24, 2.45) is 0 Å². The van der Waals surface area contributed by atoms with Gasteiger partial charge in [-0.15, -0.1) is 0 Å². The summed E-state index contributed by atoms with van der Waals surface area (Å²) >= 11 is 0. The van der Waals surface area contributed by atoms with E-state index in [1.54, 1.807) is 6.07 Å². The highest BCUT2D eigenvalue weighted by atomic mass is 32.2. The molecule has 3 aromatic carbocycles. The Morgan fingerprint density at radius 2 is 1.50 bits per heavy atom. The van der Waals surface area contributed by atoms with Gasteiger partial charge in [0.2, 0.25) is 0 Å². The van der Waals surface area contributed by atoms with Crippen LogP contribution in [0.1, 0.15) is 42.2 Å². The molecule has 6 N–H and O–H groups in total. The predicted octanol–water partition coefficient (Wildman–Crippen LogP) is 2.44.